The van der Waals surface area contributed by atoms with Crippen molar-refractivity contribution < 1.29 is 29.0 Å². The van der Waals surface area contributed by atoms with E-state index in [4.69, 9.17) is 14.2 Å². The molecule has 0 fully saturated rings. The Hall–Kier alpha value is -5.38. The van der Waals surface area contributed by atoms with Gasteiger partial charge in [0.05, 0.1) is 29.5 Å². The van der Waals surface area contributed by atoms with Crippen molar-refractivity contribution in [3.8, 4) is 17.4 Å². The first-order valence-electron chi connectivity index (χ1n) is 12.4. The summed E-state index contributed by atoms with van der Waals surface area (Å²) in [7, 11) is 1.54. The van der Waals surface area contributed by atoms with Crippen molar-refractivity contribution in [2.24, 2.45) is 0 Å². The summed E-state index contributed by atoms with van der Waals surface area (Å²) in [6.07, 6.45) is 0. The number of carbonyl (C=O) groups is 1. The summed E-state index contributed by atoms with van der Waals surface area (Å²) in [5, 5.41) is 26.8. The van der Waals surface area contributed by atoms with E-state index in [1.165, 1.54) is 24.3 Å². The van der Waals surface area contributed by atoms with Crippen LogP contribution >= 0.6 is 0 Å². The van der Waals surface area contributed by atoms with E-state index in [1.54, 1.807) is 84.6 Å². The van der Waals surface area contributed by atoms with Crippen molar-refractivity contribution >= 4 is 22.6 Å². The Kier molecular flexibility index (Phi) is 7.32. The summed E-state index contributed by atoms with van der Waals surface area (Å²) >= 11 is 0. The lowest BCUT2D eigenvalue weighted by Gasteiger charge is -2.30. The average Bonchev–Trinajstić information content (AvgIpc) is 3.32. The van der Waals surface area contributed by atoms with Gasteiger partial charge in [-0.25, -0.2) is 4.79 Å². The highest BCUT2D eigenvalue weighted by molar-refractivity contribution is 5.89. The zero-order valence-electron chi connectivity index (χ0n) is 21.5. The number of benzene rings is 4. The van der Waals surface area contributed by atoms with E-state index in [2.05, 4.69) is 5.10 Å². The molecule has 1 N–H and O–H groups in total. The lowest BCUT2D eigenvalue weighted by molar-refractivity contribution is -0.384. The summed E-state index contributed by atoms with van der Waals surface area (Å²) in [5.41, 5.74) is -0.363. The Bertz CT molecular complexity index is 1600. The first-order chi connectivity index (χ1) is 19.4. The van der Waals surface area contributed by atoms with Crippen LogP contribution < -0.4 is 14.2 Å². The van der Waals surface area contributed by atoms with Crippen LogP contribution in [0.15, 0.2) is 103 Å². The molecule has 0 aliphatic carbocycles. The van der Waals surface area contributed by atoms with Gasteiger partial charge in [0.1, 0.15) is 18.1 Å². The van der Waals surface area contributed by atoms with E-state index in [0.717, 1.165) is 0 Å². The third-order valence-electron chi connectivity index (χ3n) is 6.45. The molecule has 1 aromatic heterocycles. The molecule has 202 valence electrons. The number of nitrogens with zero attached hydrogens (tertiary/aromatic N) is 3. The van der Waals surface area contributed by atoms with Gasteiger partial charge in [0.25, 0.3) is 11.3 Å². The molecule has 40 heavy (non-hydrogen) atoms. The van der Waals surface area contributed by atoms with Crippen LogP contribution in [-0.4, -0.2) is 39.5 Å². The number of ether oxygens (including phenoxy) is 3. The number of fused-ring (bicyclic) bond motifs is 1. The van der Waals surface area contributed by atoms with Crippen molar-refractivity contribution in [3.05, 3.63) is 124 Å². The molecule has 1 heterocycles. The van der Waals surface area contributed by atoms with Crippen LogP contribution in [0.5, 0.6) is 17.4 Å². The molecule has 0 saturated carbocycles. The Morgan fingerprint density at radius 1 is 0.925 bits per heavy atom. The Balaban J connectivity index is 1.53. The molecule has 0 radical (unpaired) electrons. The van der Waals surface area contributed by atoms with Gasteiger partial charge < -0.3 is 19.3 Å². The van der Waals surface area contributed by atoms with Gasteiger partial charge in [-0.05, 0) is 30.3 Å². The second-order valence-electron chi connectivity index (χ2n) is 8.83. The molecule has 0 atom stereocenters. The van der Waals surface area contributed by atoms with E-state index >= 15 is 0 Å². The van der Waals surface area contributed by atoms with Gasteiger partial charge in [-0.15, -0.1) is 5.10 Å². The van der Waals surface area contributed by atoms with E-state index in [-0.39, 0.29) is 18.2 Å². The number of non-ortho nitro benzene ring substituents is 1. The number of aromatic nitrogens is 2. The predicted molar refractivity (Wildman–Crippen MR) is 147 cm³/mol. The summed E-state index contributed by atoms with van der Waals surface area (Å²) in [5.74, 6) is -0.0611. The van der Waals surface area contributed by atoms with Crippen LogP contribution in [0.1, 0.15) is 11.1 Å². The largest absolute Gasteiger partial charge is 0.497 e. The topological polar surface area (TPSA) is 126 Å². The number of hydrogen-bond donors (Lipinski definition) is 1. The molecule has 10 nitrogen and oxygen atoms in total. The van der Waals surface area contributed by atoms with Crippen LogP contribution in [0.4, 0.5) is 5.69 Å². The standard InChI is InChI=1S/C30H25N3O7/c1-38-25-16-17-27-26(20-25)28(31-32(27)18-19-39-24-14-12-23(13-15-24)33(36)37)40-30(29(34)35,21-8-4-2-5-9-21)22-10-6-3-7-11-22/h2-17,20H,18-19H2,1H3,(H,34,35). The van der Waals surface area contributed by atoms with Crippen molar-refractivity contribution in [1.82, 2.24) is 9.78 Å². The van der Waals surface area contributed by atoms with Crippen molar-refractivity contribution in [2.75, 3.05) is 13.7 Å². The number of methoxy groups -OCH3 is 1. The molecule has 4 aromatic carbocycles. The molecule has 10 heteroatoms. The zero-order chi connectivity index (χ0) is 28.1. The molecule has 0 aliphatic rings. The number of nitro benzene ring substituents is 1. The SMILES string of the molecule is COc1ccc2c(c1)c(OC(C(=O)O)(c1ccccc1)c1ccccc1)nn2CCOc1ccc([N+](=O)[O-])cc1. The number of hydrogen-bond acceptors (Lipinski definition) is 7. The lowest BCUT2D eigenvalue weighted by Crippen LogP contribution is -2.43. The maximum atomic E-state index is 13.0. The zero-order valence-corrected chi connectivity index (χ0v) is 21.5. The minimum Gasteiger partial charge on any atom is -0.497 e. The molecule has 0 bridgehead atoms. The van der Waals surface area contributed by atoms with Gasteiger partial charge in [-0.2, -0.15) is 0 Å². The van der Waals surface area contributed by atoms with Gasteiger partial charge in [0.2, 0.25) is 5.88 Å². The number of nitro groups is 1. The number of carboxylic acids is 1. The summed E-state index contributed by atoms with van der Waals surface area (Å²) in [4.78, 5) is 23.5. The number of aliphatic carboxylic acids is 1. The molecule has 0 aliphatic heterocycles. The number of rotatable bonds is 11. The van der Waals surface area contributed by atoms with Crippen LogP contribution in [0.2, 0.25) is 0 Å². The summed E-state index contributed by atoms with van der Waals surface area (Å²) in [6.45, 7) is 0.488. The Morgan fingerprint density at radius 3 is 2.08 bits per heavy atom. The van der Waals surface area contributed by atoms with E-state index < -0.39 is 16.5 Å². The fourth-order valence-corrected chi connectivity index (χ4v) is 4.48. The normalized spacial score (nSPS) is 11.2. The minimum atomic E-state index is -1.88. The molecule has 0 saturated heterocycles. The van der Waals surface area contributed by atoms with Gasteiger partial charge in [-0.3, -0.25) is 14.8 Å². The third kappa shape index (κ3) is 5.02. The van der Waals surface area contributed by atoms with Crippen LogP contribution in [-0.2, 0) is 16.9 Å². The molecular weight excluding hydrogens is 514 g/mol. The van der Waals surface area contributed by atoms with Gasteiger partial charge >= 0.3 is 5.97 Å². The highest BCUT2D eigenvalue weighted by Crippen LogP contribution is 2.39. The monoisotopic (exact) mass is 539 g/mol. The second-order valence-corrected chi connectivity index (χ2v) is 8.83. The van der Waals surface area contributed by atoms with E-state index in [1.807, 2.05) is 6.07 Å². The van der Waals surface area contributed by atoms with Crippen molar-refractivity contribution in [1.29, 1.82) is 0 Å². The minimum absolute atomic E-state index is 0.0279. The quantitative estimate of drug-likeness (QED) is 0.174. The Labute approximate surface area is 229 Å². The second kappa shape index (κ2) is 11.2. The third-order valence-corrected chi connectivity index (χ3v) is 6.45. The molecule has 5 rings (SSSR count). The maximum absolute atomic E-state index is 13.0. The van der Waals surface area contributed by atoms with Crippen LogP contribution in [0, 0.1) is 10.1 Å². The first kappa shape index (κ1) is 26.2. The predicted octanol–water partition coefficient (Wildman–Crippen LogP) is 5.44. The van der Waals surface area contributed by atoms with Gasteiger partial charge in [0, 0.05) is 23.3 Å². The lowest BCUT2D eigenvalue weighted by atomic mass is 9.86. The van der Waals surface area contributed by atoms with Crippen molar-refractivity contribution in [2.45, 2.75) is 12.1 Å². The summed E-state index contributed by atoms with van der Waals surface area (Å²) < 4.78 is 19.3. The molecule has 0 unspecified atom stereocenters. The van der Waals surface area contributed by atoms with Crippen molar-refractivity contribution in [3.63, 3.8) is 0 Å². The van der Waals surface area contributed by atoms with Crippen LogP contribution in [0.3, 0.4) is 0 Å². The van der Waals surface area contributed by atoms with Crippen LogP contribution in [0.25, 0.3) is 10.9 Å². The smallest absolute Gasteiger partial charge is 0.357 e. The molecule has 5 aromatic rings. The van der Waals surface area contributed by atoms with Gasteiger partial charge in [0.15, 0.2) is 0 Å². The maximum Gasteiger partial charge on any atom is 0.357 e. The average molecular weight is 540 g/mol. The summed E-state index contributed by atoms with van der Waals surface area (Å²) in [6, 6.07) is 28.6. The van der Waals surface area contributed by atoms with E-state index in [0.29, 0.717) is 40.1 Å². The molecule has 0 amide bonds. The fraction of sp³-hybridized carbons (Fsp3) is 0.133. The van der Waals surface area contributed by atoms with E-state index in [9.17, 15) is 20.0 Å². The highest BCUT2D eigenvalue weighted by atomic mass is 16.6. The first-order valence-corrected chi connectivity index (χ1v) is 12.4. The van der Waals surface area contributed by atoms with Gasteiger partial charge in [-0.1, -0.05) is 60.7 Å². The Morgan fingerprint density at radius 2 is 1.52 bits per heavy atom. The molecule has 0 spiro atoms. The fourth-order valence-electron chi connectivity index (χ4n) is 4.48. The highest BCUT2D eigenvalue weighted by Gasteiger charge is 2.46. The molecular formula is C30H25N3O7. The number of carboxylic acid groups (broad SMARTS) is 1.